The third-order valence-corrected chi connectivity index (χ3v) is 8.36. The van der Waals surface area contributed by atoms with Crippen molar-refractivity contribution in [2.45, 2.75) is 32.4 Å². The number of benzene rings is 1. The predicted octanol–water partition coefficient (Wildman–Crippen LogP) is 3.59. The van der Waals surface area contributed by atoms with Crippen molar-refractivity contribution in [3.63, 3.8) is 0 Å². The zero-order chi connectivity index (χ0) is 18.9. The van der Waals surface area contributed by atoms with Gasteiger partial charge in [-0.1, -0.05) is 17.7 Å². The van der Waals surface area contributed by atoms with E-state index in [9.17, 15) is 13.2 Å². The minimum absolute atomic E-state index is 0.0236. The van der Waals surface area contributed by atoms with Crippen molar-refractivity contribution >= 4 is 44.0 Å². The third-order valence-electron chi connectivity index (χ3n) is 4.32. The number of amides is 1. The third kappa shape index (κ3) is 4.66. The number of rotatable bonds is 5. The summed E-state index contributed by atoms with van der Waals surface area (Å²) in [5.74, 6) is 0.519. The quantitative estimate of drug-likeness (QED) is 0.815. The highest BCUT2D eigenvalue weighted by Crippen LogP contribution is 2.31. The van der Waals surface area contributed by atoms with Gasteiger partial charge in [-0.25, -0.2) is 13.4 Å². The molecule has 0 radical (unpaired) electrons. The van der Waals surface area contributed by atoms with Gasteiger partial charge in [0.05, 0.1) is 23.0 Å². The van der Waals surface area contributed by atoms with Crippen LogP contribution in [0.15, 0.2) is 17.5 Å². The van der Waals surface area contributed by atoms with Gasteiger partial charge in [0.15, 0.2) is 15.0 Å². The maximum absolute atomic E-state index is 12.1. The molecule has 1 aromatic carbocycles. The maximum atomic E-state index is 12.1. The lowest BCUT2D eigenvalue weighted by Gasteiger charge is -2.09. The number of carbonyl (C=O) groups is 1. The summed E-state index contributed by atoms with van der Waals surface area (Å²) in [6.07, 6.45) is 0.633. The average molecular weight is 411 g/mol. The second-order valence-electron chi connectivity index (χ2n) is 6.70. The number of nitrogens with zero attached hydrogens (tertiary/aromatic N) is 1. The van der Waals surface area contributed by atoms with Gasteiger partial charge in [0, 0.05) is 16.2 Å². The van der Waals surface area contributed by atoms with Crippen LogP contribution < -0.4 is 5.32 Å². The van der Waals surface area contributed by atoms with Crippen LogP contribution in [0.4, 0.5) is 5.13 Å². The molecule has 1 N–H and O–H groups in total. The minimum atomic E-state index is -2.90. The number of thiazole rings is 1. The second-order valence-corrected chi connectivity index (χ2v) is 11.1. The van der Waals surface area contributed by atoms with E-state index in [0.717, 1.165) is 11.3 Å². The fraction of sp³-hybridized carbons (Fsp3) is 0.444. The summed E-state index contributed by atoms with van der Waals surface area (Å²) in [6, 6.07) is 4.26. The normalized spacial score (nSPS) is 18.8. The molecule has 2 aromatic rings. The van der Waals surface area contributed by atoms with Crippen molar-refractivity contribution in [1.29, 1.82) is 0 Å². The summed E-state index contributed by atoms with van der Waals surface area (Å²) in [4.78, 5) is 16.7. The number of hydrogen-bond donors (Lipinski definition) is 1. The van der Waals surface area contributed by atoms with Crippen LogP contribution in [0.5, 0.6) is 0 Å². The molecule has 2 heterocycles. The molecule has 5 nitrogen and oxygen atoms in total. The number of nitrogens with one attached hydrogen (secondary N) is 1. The Labute approximate surface area is 162 Å². The highest BCUT2D eigenvalue weighted by molar-refractivity contribution is 8.02. The van der Waals surface area contributed by atoms with E-state index >= 15 is 0 Å². The maximum Gasteiger partial charge on any atom is 0.236 e. The van der Waals surface area contributed by atoms with E-state index in [-0.39, 0.29) is 28.4 Å². The fourth-order valence-corrected chi connectivity index (χ4v) is 7.43. The van der Waals surface area contributed by atoms with Crippen LogP contribution in [0.25, 0.3) is 11.3 Å². The summed E-state index contributed by atoms with van der Waals surface area (Å²) in [6.45, 7) is 6.21. The molecule has 1 fully saturated rings. The van der Waals surface area contributed by atoms with Gasteiger partial charge in [-0.3, -0.25) is 4.79 Å². The van der Waals surface area contributed by atoms with Gasteiger partial charge >= 0.3 is 0 Å². The molecule has 1 amide bonds. The molecule has 8 heteroatoms. The van der Waals surface area contributed by atoms with E-state index < -0.39 is 9.84 Å². The van der Waals surface area contributed by atoms with Gasteiger partial charge in [-0.2, -0.15) is 0 Å². The molecule has 1 aromatic heterocycles. The monoisotopic (exact) mass is 410 g/mol. The van der Waals surface area contributed by atoms with E-state index in [1.165, 1.54) is 39.8 Å². The number of sulfone groups is 1. The highest BCUT2D eigenvalue weighted by Gasteiger charge is 2.28. The Kier molecular flexibility index (Phi) is 5.74. The van der Waals surface area contributed by atoms with Crippen LogP contribution in [0.2, 0.25) is 0 Å². The lowest BCUT2D eigenvalue weighted by Crippen LogP contribution is -2.17. The largest absolute Gasteiger partial charge is 0.301 e. The van der Waals surface area contributed by atoms with Gasteiger partial charge in [-0.15, -0.1) is 23.1 Å². The number of anilines is 1. The van der Waals surface area contributed by atoms with Crippen LogP contribution >= 0.6 is 23.1 Å². The first-order valence-corrected chi connectivity index (χ1v) is 12.1. The van der Waals surface area contributed by atoms with Crippen molar-refractivity contribution in [2.24, 2.45) is 0 Å². The van der Waals surface area contributed by atoms with E-state index in [0.29, 0.717) is 11.6 Å². The van der Waals surface area contributed by atoms with E-state index in [2.05, 4.69) is 43.2 Å². The SMILES string of the molecule is Cc1cc(C)c(-c2csc(NC(=O)CS[C@@H]3CCS(=O)(=O)C3)n2)c(C)c1. The Hall–Kier alpha value is -1.38. The molecule has 0 saturated carbocycles. The summed E-state index contributed by atoms with van der Waals surface area (Å²) in [5, 5.41) is 5.38. The van der Waals surface area contributed by atoms with Crippen LogP contribution in [-0.4, -0.2) is 41.8 Å². The smallest absolute Gasteiger partial charge is 0.236 e. The predicted molar refractivity (Wildman–Crippen MR) is 110 cm³/mol. The minimum Gasteiger partial charge on any atom is -0.301 e. The van der Waals surface area contributed by atoms with Gasteiger partial charge in [0.1, 0.15) is 0 Å². The van der Waals surface area contributed by atoms with Gasteiger partial charge in [0.25, 0.3) is 0 Å². The molecule has 0 bridgehead atoms. The first-order chi connectivity index (χ1) is 12.2. The molecule has 0 unspecified atom stereocenters. The number of thioether (sulfide) groups is 1. The molecular formula is C18H22N2O3S3. The first-order valence-electron chi connectivity index (χ1n) is 8.39. The van der Waals surface area contributed by atoms with Crippen molar-refractivity contribution < 1.29 is 13.2 Å². The number of aromatic nitrogens is 1. The molecule has 1 aliphatic rings. The molecule has 3 rings (SSSR count). The van der Waals surface area contributed by atoms with Crippen molar-refractivity contribution in [3.05, 3.63) is 34.2 Å². The molecule has 140 valence electrons. The summed E-state index contributed by atoms with van der Waals surface area (Å²) in [5.41, 5.74) is 5.54. The summed E-state index contributed by atoms with van der Waals surface area (Å²) < 4.78 is 22.9. The zero-order valence-electron chi connectivity index (χ0n) is 15.0. The second kappa shape index (κ2) is 7.70. The van der Waals surface area contributed by atoms with E-state index in [1.807, 2.05) is 5.38 Å². The van der Waals surface area contributed by atoms with Crippen LogP contribution in [-0.2, 0) is 14.6 Å². The average Bonchev–Trinajstić information content (AvgIpc) is 3.10. The zero-order valence-corrected chi connectivity index (χ0v) is 17.5. The molecule has 0 spiro atoms. The lowest BCUT2D eigenvalue weighted by molar-refractivity contribution is -0.113. The lowest BCUT2D eigenvalue weighted by atomic mass is 9.98. The summed E-state index contributed by atoms with van der Waals surface area (Å²) >= 11 is 2.81. The molecular weight excluding hydrogens is 388 g/mol. The highest BCUT2D eigenvalue weighted by atomic mass is 32.2. The topological polar surface area (TPSA) is 76.1 Å². The van der Waals surface area contributed by atoms with Crippen LogP contribution in [0.1, 0.15) is 23.1 Å². The van der Waals surface area contributed by atoms with Crippen molar-refractivity contribution in [3.8, 4) is 11.3 Å². The van der Waals surface area contributed by atoms with Crippen LogP contribution in [0, 0.1) is 20.8 Å². The van der Waals surface area contributed by atoms with E-state index in [4.69, 9.17) is 0 Å². The standard InChI is InChI=1S/C18H22N2O3S3/c1-11-6-12(2)17(13(3)7-11)15-8-25-18(19-15)20-16(21)9-24-14-4-5-26(22,23)10-14/h6-8,14H,4-5,9-10H2,1-3H3,(H,19,20,21)/t14-/m1/s1. The van der Waals surface area contributed by atoms with Gasteiger partial charge in [0.2, 0.25) is 5.91 Å². The molecule has 26 heavy (non-hydrogen) atoms. The van der Waals surface area contributed by atoms with Crippen molar-refractivity contribution in [2.75, 3.05) is 22.6 Å². The Morgan fingerprint density at radius 2 is 2.00 bits per heavy atom. The molecule has 0 aliphatic carbocycles. The summed E-state index contributed by atoms with van der Waals surface area (Å²) in [7, 11) is -2.90. The Bertz CT molecular complexity index is 912. The number of hydrogen-bond acceptors (Lipinski definition) is 6. The van der Waals surface area contributed by atoms with Crippen molar-refractivity contribution in [1.82, 2.24) is 4.98 Å². The molecule has 1 saturated heterocycles. The Balaban J connectivity index is 1.61. The van der Waals surface area contributed by atoms with Gasteiger partial charge < -0.3 is 5.32 Å². The molecule has 1 atom stereocenters. The molecule has 1 aliphatic heterocycles. The number of aryl methyl sites for hydroxylation is 3. The fourth-order valence-electron chi connectivity index (χ4n) is 3.27. The van der Waals surface area contributed by atoms with Crippen LogP contribution in [0.3, 0.4) is 0 Å². The number of carbonyl (C=O) groups excluding carboxylic acids is 1. The Morgan fingerprint density at radius 3 is 2.62 bits per heavy atom. The first kappa shape index (κ1) is 19.4. The van der Waals surface area contributed by atoms with E-state index in [1.54, 1.807) is 0 Å². The Morgan fingerprint density at radius 1 is 1.31 bits per heavy atom. The van der Waals surface area contributed by atoms with Gasteiger partial charge in [-0.05, 0) is 38.3 Å².